The van der Waals surface area contributed by atoms with Gasteiger partial charge < -0.3 is 9.84 Å². The minimum Gasteiger partial charge on any atom is -0.481 e. The van der Waals surface area contributed by atoms with E-state index in [9.17, 15) is 14.7 Å². The van der Waals surface area contributed by atoms with Gasteiger partial charge in [-0.3, -0.25) is 9.59 Å². The molecule has 3 unspecified atom stereocenters. The van der Waals surface area contributed by atoms with E-state index in [4.69, 9.17) is 4.74 Å². The molecule has 9 atom stereocenters. The molecule has 1 N–H and O–H groups in total. The van der Waals surface area contributed by atoms with E-state index in [1.54, 1.807) is 6.92 Å². The number of carboxylic acids is 1. The molecule has 0 aromatic heterocycles. The summed E-state index contributed by atoms with van der Waals surface area (Å²) in [6.07, 6.45) is 11.6. The minimum atomic E-state index is -0.643. The van der Waals surface area contributed by atoms with Gasteiger partial charge in [0.05, 0.1) is 0 Å². The van der Waals surface area contributed by atoms with Crippen molar-refractivity contribution < 1.29 is 19.4 Å². The molecule has 4 nitrogen and oxygen atoms in total. The van der Waals surface area contributed by atoms with E-state index in [-0.39, 0.29) is 28.8 Å². The third-order valence-corrected chi connectivity index (χ3v) is 12.6. The molecule has 5 saturated carbocycles. The molecule has 0 aromatic rings. The number of hydrogen-bond donors (Lipinski definition) is 1. The molecule has 5 rings (SSSR count). The summed E-state index contributed by atoms with van der Waals surface area (Å²) in [5.41, 5.74) is 1.57. The minimum absolute atomic E-state index is 0.0499. The fourth-order valence-electron chi connectivity index (χ4n) is 11.1. The smallest absolute Gasteiger partial charge is 0.303 e. The van der Waals surface area contributed by atoms with E-state index in [0.29, 0.717) is 34.5 Å². The third kappa shape index (κ3) is 2.62. The van der Waals surface area contributed by atoms with E-state index < -0.39 is 5.97 Å². The van der Waals surface area contributed by atoms with Gasteiger partial charge in [-0.2, -0.15) is 0 Å². The summed E-state index contributed by atoms with van der Waals surface area (Å²) < 4.78 is 5.84. The summed E-state index contributed by atoms with van der Waals surface area (Å²) in [6, 6.07) is 0. The molecule has 0 aliphatic heterocycles. The second-order valence-corrected chi connectivity index (χ2v) is 13.7. The second kappa shape index (κ2) is 6.75. The standard InChI is InChI=1S/C28H44O4/c1-17(15-23(30)31)19-9-11-26(6)21-8-7-20-24(3,4)22(32-18(2)29)10-12-27(20)16-28(21,27)14-13-25(19,26)5/h17,19-22H,7-16H2,1-6H3,(H,30,31)/t17-,19?,20?,21?,22+,25-,26+,27-,28+/m1/s1. The van der Waals surface area contributed by atoms with Crippen molar-refractivity contribution in [3.63, 3.8) is 0 Å². The van der Waals surface area contributed by atoms with Gasteiger partial charge in [-0.25, -0.2) is 0 Å². The van der Waals surface area contributed by atoms with Crippen molar-refractivity contribution in [3.8, 4) is 0 Å². The largest absolute Gasteiger partial charge is 0.481 e. The van der Waals surface area contributed by atoms with E-state index >= 15 is 0 Å². The number of carbonyl (C=O) groups is 2. The zero-order valence-corrected chi connectivity index (χ0v) is 21.1. The van der Waals surface area contributed by atoms with Crippen LogP contribution in [0.3, 0.4) is 0 Å². The highest BCUT2D eigenvalue weighted by molar-refractivity contribution is 5.67. The van der Waals surface area contributed by atoms with Crippen LogP contribution in [0.5, 0.6) is 0 Å². The van der Waals surface area contributed by atoms with Gasteiger partial charge in [-0.05, 0) is 103 Å². The van der Waals surface area contributed by atoms with Gasteiger partial charge in [-0.1, -0.05) is 34.6 Å². The van der Waals surface area contributed by atoms with Gasteiger partial charge >= 0.3 is 11.9 Å². The maximum Gasteiger partial charge on any atom is 0.303 e. The SMILES string of the molecule is CC(=O)O[C@H]1CC[C@]23C[C@]24CC[C@]2(C)C([C@H](C)CC(=O)O)CC[C@@]2(C)C4CCC3C1(C)C. The maximum atomic E-state index is 11.8. The molecule has 4 heteroatoms. The number of ether oxygens (including phenoxy) is 1. The summed E-state index contributed by atoms with van der Waals surface area (Å²) >= 11 is 0. The van der Waals surface area contributed by atoms with Gasteiger partial charge in [0.1, 0.15) is 6.10 Å². The van der Waals surface area contributed by atoms with Gasteiger partial charge in [0.2, 0.25) is 0 Å². The highest BCUT2D eigenvalue weighted by atomic mass is 16.5. The first-order chi connectivity index (χ1) is 14.8. The summed E-state index contributed by atoms with van der Waals surface area (Å²) in [6.45, 7) is 13.6. The fourth-order valence-corrected chi connectivity index (χ4v) is 11.1. The van der Waals surface area contributed by atoms with Crippen molar-refractivity contribution in [1.29, 1.82) is 0 Å². The van der Waals surface area contributed by atoms with Crippen LogP contribution in [-0.2, 0) is 14.3 Å². The number of aliphatic carboxylic acids is 1. The monoisotopic (exact) mass is 444 g/mol. The van der Waals surface area contributed by atoms with E-state index in [2.05, 4.69) is 34.6 Å². The topological polar surface area (TPSA) is 63.6 Å². The normalized spacial score (nSPS) is 51.4. The van der Waals surface area contributed by atoms with Crippen LogP contribution in [0.2, 0.25) is 0 Å². The van der Waals surface area contributed by atoms with Crippen molar-refractivity contribution in [1.82, 2.24) is 0 Å². The Bertz CT molecular complexity index is 833. The molecule has 5 aliphatic carbocycles. The molecule has 2 spiro atoms. The Morgan fingerprint density at radius 3 is 2.22 bits per heavy atom. The van der Waals surface area contributed by atoms with Gasteiger partial charge in [-0.15, -0.1) is 0 Å². The van der Waals surface area contributed by atoms with Crippen molar-refractivity contribution in [2.75, 3.05) is 0 Å². The van der Waals surface area contributed by atoms with Gasteiger partial charge in [0.15, 0.2) is 0 Å². The number of fused-ring (bicyclic) bond motifs is 2. The molecular formula is C28H44O4. The molecule has 5 fully saturated rings. The zero-order valence-electron chi connectivity index (χ0n) is 21.1. The van der Waals surface area contributed by atoms with Crippen LogP contribution >= 0.6 is 0 Å². The first-order valence-electron chi connectivity index (χ1n) is 13.2. The molecule has 0 amide bonds. The molecule has 0 radical (unpaired) electrons. The first kappa shape index (κ1) is 22.7. The Kier molecular flexibility index (Phi) is 4.79. The van der Waals surface area contributed by atoms with E-state index in [1.807, 2.05) is 0 Å². The summed E-state index contributed by atoms with van der Waals surface area (Å²) in [5.74, 6) is 1.44. The van der Waals surface area contributed by atoms with Crippen molar-refractivity contribution in [3.05, 3.63) is 0 Å². The second-order valence-electron chi connectivity index (χ2n) is 13.7. The lowest BCUT2D eigenvalue weighted by Gasteiger charge is -2.63. The Balaban J connectivity index is 1.44. The van der Waals surface area contributed by atoms with Crippen LogP contribution in [-0.4, -0.2) is 23.1 Å². The number of esters is 1. The summed E-state index contributed by atoms with van der Waals surface area (Å²) in [5, 5.41) is 9.45. The molecule has 180 valence electrons. The van der Waals surface area contributed by atoms with Crippen LogP contribution < -0.4 is 0 Å². The Labute approximate surface area is 194 Å². The van der Waals surface area contributed by atoms with E-state index in [0.717, 1.165) is 12.3 Å². The zero-order chi connectivity index (χ0) is 23.3. The third-order valence-electron chi connectivity index (χ3n) is 12.6. The number of carbonyl (C=O) groups excluding carboxylic acids is 1. The number of hydrogen-bond acceptors (Lipinski definition) is 3. The Morgan fingerprint density at radius 2 is 1.56 bits per heavy atom. The predicted molar refractivity (Wildman–Crippen MR) is 124 cm³/mol. The van der Waals surface area contributed by atoms with Crippen molar-refractivity contribution in [2.45, 2.75) is 112 Å². The highest BCUT2D eigenvalue weighted by Crippen LogP contribution is 2.89. The molecular weight excluding hydrogens is 400 g/mol. The maximum absolute atomic E-state index is 11.8. The molecule has 0 aromatic carbocycles. The molecule has 5 aliphatic rings. The molecule has 32 heavy (non-hydrogen) atoms. The van der Waals surface area contributed by atoms with Gasteiger partial charge in [0, 0.05) is 18.8 Å². The van der Waals surface area contributed by atoms with Crippen LogP contribution in [0, 0.1) is 50.7 Å². The summed E-state index contributed by atoms with van der Waals surface area (Å²) in [7, 11) is 0. The van der Waals surface area contributed by atoms with Crippen LogP contribution in [0.15, 0.2) is 0 Å². The van der Waals surface area contributed by atoms with Crippen LogP contribution in [0.4, 0.5) is 0 Å². The van der Waals surface area contributed by atoms with E-state index in [1.165, 1.54) is 51.4 Å². The number of rotatable bonds is 4. The van der Waals surface area contributed by atoms with Crippen LogP contribution in [0.1, 0.15) is 106 Å². The van der Waals surface area contributed by atoms with Crippen molar-refractivity contribution in [2.24, 2.45) is 50.7 Å². The lowest BCUT2D eigenvalue weighted by molar-refractivity contribution is -0.181. The van der Waals surface area contributed by atoms with Crippen LogP contribution in [0.25, 0.3) is 0 Å². The lowest BCUT2D eigenvalue weighted by Crippen LogP contribution is -2.58. The molecule has 0 heterocycles. The molecule has 0 bridgehead atoms. The van der Waals surface area contributed by atoms with Gasteiger partial charge in [0.25, 0.3) is 0 Å². The quantitative estimate of drug-likeness (QED) is 0.505. The highest BCUT2D eigenvalue weighted by Gasteiger charge is 2.82. The average molecular weight is 445 g/mol. The average Bonchev–Trinajstić information content (AvgIpc) is 3.26. The summed E-state index contributed by atoms with van der Waals surface area (Å²) in [4.78, 5) is 23.2. The number of carboxylic acid groups (broad SMARTS) is 1. The molecule has 0 saturated heterocycles. The Morgan fingerprint density at radius 1 is 0.906 bits per heavy atom. The lowest BCUT2D eigenvalue weighted by atomic mass is 9.41. The predicted octanol–water partition coefficient (Wildman–Crippen LogP) is 6.47. The Hall–Kier alpha value is -1.06. The van der Waals surface area contributed by atoms with Crippen molar-refractivity contribution >= 4 is 11.9 Å². The first-order valence-corrected chi connectivity index (χ1v) is 13.2. The fraction of sp³-hybridized carbons (Fsp3) is 0.929.